The molecule has 0 radical (unpaired) electrons. The van der Waals surface area contributed by atoms with E-state index >= 15 is 0 Å². The number of benzene rings is 1. The van der Waals surface area contributed by atoms with Gasteiger partial charge in [0.25, 0.3) is 0 Å². The molecule has 2 unspecified atom stereocenters. The van der Waals surface area contributed by atoms with E-state index in [1.807, 2.05) is 74.6 Å². The van der Waals surface area contributed by atoms with Gasteiger partial charge >= 0.3 is 5.97 Å². The third-order valence-electron chi connectivity index (χ3n) is 5.42. The maximum Gasteiger partial charge on any atom is 0.354 e. The number of carbonyl (C=O) groups is 2. The SMILES string of the molecule is CC(C)OC(=O)C1=CC23C(=CCN1)C=CC=C2NCC3C(=O)Nc1ccccc1. The Hall–Kier alpha value is -3.28. The molecule has 1 saturated heterocycles. The first-order chi connectivity index (χ1) is 14.0. The molecule has 1 aromatic rings. The summed E-state index contributed by atoms with van der Waals surface area (Å²) in [6, 6.07) is 9.41. The van der Waals surface area contributed by atoms with Crippen LogP contribution in [0.3, 0.4) is 0 Å². The van der Waals surface area contributed by atoms with Gasteiger partial charge in [0.15, 0.2) is 0 Å². The molecule has 1 aromatic carbocycles. The highest BCUT2D eigenvalue weighted by Gasteiger charge is 2.52. The molecule has 0 saturated carbocycles. The second kappa shape index (κ2) is 7.62. The molecule has 6 nitrogen and oxygen atoms in total. The quantitative estimate of drug-likeness (QED) is 0.688. The van der Waals surface area contributed by atoms with Crippen molar-refractivity contribution < 1.29 is 14.3 Å². The molecule has 6 heteroatoms. The van der Waals surface area contributed by atoms with E-state index in [0.717, 1.165) is 17.0 Å². The smallest absolute Gasteiger partial charge is 0.354 e. The number of hydrogen-bond acceptors (Lipinski definition) is 5. The van der Waals surface area contributed by atoms with Gasteiger partial charge in [-0.05, 0) is 43.7 Å². The number of esters is 1. The van der Waals surface area contributed by atoms with Crippen molar-refractivity contribution in [2.45, 2.75) is 20.0 Å². The first-order valence-electron chi connectivity index (χ1n) is 9.87. The minimum absolute atomic E-state index is 0.0944. The minimum Gasteiger partial charge on any atom is -0.458 e. The van der Waals surface area contributed by atoms with E-state index in [1.54, 1.807) is 0 Å². The molecule has 3 N–H and O–H groups in total. The summed E-state index contributed by atoms with van der Waals surface area (Å²) in [4.78, 5) is 25.9. The van der Waals surface area contributed by atoms with Crippen molar-refractivity contribution in [2.24, 2.45) is 11.3 Å². The predicted octanol–water partition coefficient (Wildman–Crippen LogP) is 2.65. The van der Waals surface area contributed by atoms with Gasteiger partial charge in [-0.15, -0.1) is 0 Å². The summed E-state index contributed by atoms with van der Waals surface area (Å²) in [5, 5.41) is 9.54. The van der Waals surface area contributed by atoms with Crippen molar-refractivity contribution in [3.05, 3.63) is 77.7 Å². The highest BCUT2D eigenvalue weighted by atomic mass is 16.5. The first kappa shape index (κ1) is 19.1. The normalized spacial score (nSPS) is 24.7. The molecule has 2 heterocycles. The van der Waals surface area contributed by atoms with Gasteiger partial charge in [-0.2, -0.15) is 0 Å². The number of rotatable bonds is 4. The lowest BCUT2D eigenvalue weighted by molar-refractivity contribution is -0.143. The molecule has 1 spiro atoms. The lowest BCUT2D eigenvalue weighted by atomic mass is 9.67. The van der Waals surface area contributed by atoms with Crippen molar-refractivity contribution in [1.29, 1.82) is 0 Å². The number of ether oxygens (including phenoxy) is 1. The van der Waals surface area contributed by atoms with E-state index in [2.05, 4.69) is 16.0 Å². The van der Waals surface area contributed by atoms with Crippen LogP contribution < -0.4 is 16.0 Å². The number of amides is 1. The lowest BCUT2D eigenvalue weighted by Gasteiger charge is -2.35. The van der Waals surface area contributed by atoms with E-state index in [0.29, 0.717) is 18.8 Å². The highest BCUT2D eigenvalue weighted by molar-refractivity contribution is 5.96. The number of hydrogen-bond donors (Lipinski definition) is 3. The Labute approximate surface area is 170 Å². The largest absolute Gasteiger partial charge is 0.458 e. The Morgan fingerprint density at radius 1 is 1.21 bits per heavy atom. The van der Waals surface area contributed by atoms with Gasteiger partial charge in [-0.25, -0.2) is 4.79 Å². The summed E-state index contributed by atoms with van der Waals surface area (Å²) < 4.78 is 5.41. The van der Waals surface area contributed by atoms with Crippen LogP contribution in [0.4, 0.5) is 5.69 Å². The van der Waals surface area contributed by atoms with Crippen molar-refractivity contribution in [2.75, 3.05) is 18.4 Å². The third kappa shape index (κ3) is 3.46. The van der Waals surface area contributed by atoms with Crippen LogP contribution in [0.5, 0.6) is 0 Å². The topological polar surface area (TPSA) is 79.5 Å². The second-order valence-corrected chi connectivity index (χ2v) is 7.65. The summed E-state index contributed by atoms with van der Waals surface area (Å²) >= 11 is 0. The van der Waals surface area contributed by atoms with E-state index in [-0.39, 0.29) is 12.0 Å². The molecule has 0 bridgehead atoms. The summed E-state index contributed by atoms with van der Waals surface area (Å²) in [5.74, 6) is -0.915. The fourth-order valence-electron chi connectivity index (χ4n) is 4.15. The Morgan fingerprint density at radius 2 is 2.00 bits per heavy atom. The maximum atomic E-state index is 13.3. The highest BCUT2D eigenvalue weighted by Crippen LogP contribution is 2.50. The minimum atomic E-state index is -0.734. The zero-order chi connectivity index (χ0) is 20.4. The fourth-order valence-corrected chi connectivity index (χ4v) is 4.15. The molecule has 1 amide bonds. The van der Waals surface area contributed by atoms with Crippen LogP contribution in [-0.2, 0) is 14.3 Å². The first-order valence-corrected chi connectivity index (χ1v) is 9.87. The molecule has 0 aromatic heterocycles. The van der Waals surface area contributed by atoms with E-state index < -0.39 is 17.3 Å². The van der Waals surface area contributed by atoms with Crippen LogP contribution in [0.25, 0.3) is 0 Å². The van der Waals surface area contributed by atoms with Crippen LogP contribution in [-0.4, -0.2) is 31.1 Å². The summed E-state index contributed by atoms with van der Waals surface area (Å²) in [5.41, 5.74) is 2.31. The van der Waals surface area contributed by atoms with E-state index in [1.165, 1.54) is 0 Å². The lowest BCUT2D eigenvalue weighted by Crippen LogP contribution is -2.38. The van der Waals surface area contributed by atoms with E-state index in [9.17, 15) is 9.59 Å². The summed E-state index contributed by atoms with van der Waals surface area (Å²) in [6.07, 6.45) is 9.62. The molecule has 1 fully saturated rings. The standard InChI is InChI=1S/C23H25N3O3/c1-15(2)29-22(28)19-13-23-16(11-12-24-19)7-6-10-20(23)25-14-18(23)21(27)26-17-8-4-3-5-9-17/h3-11,13,15,18,24-25H,12,14H2,1-2H3,(H,26,27). The molecule has 29 heavy (non-hydrogen) atoms. The zero-order valence-electron chi connectivity index (χ0n) is 16.6. The molecule has 1 aliphatic carbocycles. The van der Waals surface area contributed by atoms with Gasteiger partial charge in [-0.3, -0.25) is 4.79 Å². The Kier molecular flexibility index (Phi) is 5.01. The van der Waals surface area contributed by atoms with Gasteiger partial charge in [0.1, 0.15) is 5.70 Å². The average Bonchev–Trinajstić information content (AvgIpc) is 2.95. The number of carbonyl (C=O) groups excluding carboxylic acids is 2. The third-order valence-corrected chi connectivity index (χ3v) is 5.42. The van der Waals surface area contributed by atoms with Crippen molar-refractivity contribution in [1.82, 2.24) is 10.6 Å². The monoisotopic (exact) mass is 391 g/mol. The molecule has 2 atom stereocenters. The number of allylic oxidation sites excluding steroid dienone is 4. The molecule has 3 aliphatic rings. The van der Waals surface area contributed by atoms with Crippen molar-refractivity contribution >= 4 is 17.6 Å². The van der Waals surface area contributed by atoms with Gasteiger partial charge in [0, 0.05) is 24.5 Å². The predicted molar refractivity (Wildman–Crippen MR) is 112 cm³/mol. The Morgan fingerprint density at radius 3 is 2.76 bits per heavy atom. The van der Waals surface area contributed by atoms with Gasteiger partial charge < -0.3 is 20.7 Å². The van der Waals surface area contributed by atoms with Crippen LogP contribution in [0.1, 0.15) is 13.8 Å². The Bertz CT molecular complexity index is 943. The van der Waals surface area contributed by atoms with Gasteiger partial charge in [0.2, 0.25) is 5.91 Å². The number of para-hydroxylation sites is 1. The zero-order valence-corrected chi connectivity index (χ0v) is 16.6. The summed E-state index contributed by atoms with van der Waals surface area (Å²) in [7, 11) is 0. The van der Waals surface area contributed by atoms with Crippen LogP contribution in [0.15, 0.2) is 77.7 Å². The maximum absolute atomic E-state index is 13.3. The molecule has 150 valence electrons. The van der Waals surface area contributed by atoms with Crippen molar-refractivity contribution in [3.8, 4) is 0 Å². The van der Waals surface area contributed by atoms with Crippen LogP contribution in [0, 0.1) is 11.3 Å². The average molecular weight is 391 g/mol. The fraction of sp³-hybridized carbons (Fsp3) is 0.304. The van der Waals surface area contributed by atoms with Crippen LogP contribution in [0.2, 0.25) is 0 Å². The second-order valence-electron chi connectivity index (χ2n) is 7.65. The van der Waals surface area contributed by atoms with E-state index in [4.69, 9.17) is 4.74 Å². The number of anilines is 1. The molecule has 4 rings (SSSR count). The molecular weight excluding hydrogens is 366 g/mol. The molecule has 2 aliphatic heterocycles. The summed E-state index contributed by atoms with van der Waals surface area (Å²) in [6.45, 7) is 4.60. The van der Waals surface area contributed by atoms with Crippen molar-refractivity contribution in [3.63, 3.8) is 0 Å². The van der Waals surface area contributed by atoms with Gasteiger partial charge in [-0.1, -0.05) is 36.4 Å². The molecular formula is C23H25N3O3. The van der Waals surface area contributed by atoms with Gasteiger partial charge in [0.05, 0.1) is 17.4 Å². The Balaban J connectivity index is 1.73. The van der Waals surface area contributed by atoms with Crippen LogP contribution >= 0.6 is 0 Å². The number of nitrogens with one attached hydrogen (secondary N) is 3.